The smallest absolute Gasteiger partial charge is 0.143 e. The molecule has 0 saturated carbocycles. The molecule has 2 nitrogen and oxygen atoms in total. The first kappa shape index (κ1) is 30.2. The van der Waals surface area contributed by atoms with Crippen molar-refractivity contribution in [2.24, 2.45) is 0 Å². The number of furan rings is 1. The highest BCUT2D eigenvalue weighted by molar-refractivity contribution is 6.14. The maximum atomic E-state index is 6.80. The molecule has 0 aliphatic heterocycles. The molecule has 2 heteroatoms. The molecular formula is C50H35NO. The van der Waals surface area contributed by atoms with E-state index in [-0.39, 0.29) is 6.04 Å². The number of anilines is 2. The molecule has 1 aliphatic carbocycles. The van der Waals surface area contributed by atoms with Crippen LogP contribution in [0.25, 0.3) is 65.8 Å². The van der Waals surface area contributed by atoms with Crippen molar-refractivity contribution in [3.8, 4) is 11.1 Å². The van der Waals surface area contributed by atoms with Crippen molar-refractivity contribution in [2.75, 3.05) is 4.90 Å². The summed E-state index contributed by atoms with van der Waals surface area (Å²) in [5.41, 5.74) is 11.3. The first-order valence-electron chi connectivity index (χ1n) is 18.0. The van der Waals surface area contributed by atoms with E-state index in [1.54, 1.807) is 0 Å². The first-order chi connectivity index (χ1) is 25.8. The highest BCUT2D eigenvalue weighted by atomic mass is 16.3. The molecule has 246 valence electrons. The molecule has 1 heterocycles. The zero-order valence-electron chi connectivity index (χ0n) is 28.6. The summed E-state index contributed by atoms with van der Waals surface area (Å²) >= 11 is 0. The van der Waals surface area contributed by atoms with E-state index in [2.05, 4.69) is 199 Å². The van der Waals surface area contributed by atoms with Crippen LogP contribution in [0.4, 0.5) is 11.4 Å². The van der Waals surface area contributed by atoms with Crippen LogP contribution < -0.4 is 4.90 Å². The van der Waals surface area contributed by atoms with E-state index < -0.39 is 0 Å². The average molecular weight is 666 g/mol. The summed E-state index contributed by atoms with van der Waals surface area (Å²) < 4.78 is 6.80. The van der Waals surface area contributed by atoms with Gasteiger partial charge in [-0.25, -0.2) is 0 Å². The number of nitrogens with zero attached hydrogens (tertiary/aromatic N) is 1. The Hall–Kier alpha value is -6.64. The fourth-order valence-corrected chi connectivity index (χ4v) is 8.15. The van der Waals surface area contributed by atoms with Crippen molar-refractivity contribution in [2.45, 2.75) is 12.5 Å². The van der Waals surface area contributed by atoms with E-state index in [0.29, 0.717) is 0 Å². The van der Waals surface area contributed by atoms with Crippen LogP contribution in [0, 0.1) is 0 Å². The van der Waals surface area contributed by atoms with Gasteiger partial charge < -0.3 is 9.32 Å². The number of hydrogen-bond acceptors (Lipinski definition) is 2. The molecule has 0 amide bonds. The number of para-hydroxylation sites is 2. The lowest BCUT2D eigenvalue weighted by Gasteiger charge is -2.37. The van der Waals surface area contributed by atoms with Crippen LogP contribution in [0.2, 0.25) is 0 Å². The SMILES string of the molecule is C1=C(c2ccccc2)C(c2ccccc2)=CC(N(c2ccccc2-c2cccc3c2oc2cc4ccccc4cc23)c2cccc3ccccc23)C1. The number of fused-ring (bicyclic) bond motifs is 5. The van der Waals surface area contributed by atoms with Gasteiger partial charge in [-0.05, 0) is 69.1 Å². The van der Waals surface area contributed by atoms with Crippen LogP contribution in [-0.4, -0.2) is 6.04 Å². The average Bonchev–Trinajstić information content (AvgIpc) is 3.58. The molecule has 1 atom stereocenters. The quantitative estimate of drug-likeness (QED) is 0.176. The Labute approximate surface area is 303 Å². The summed E-state index contributed by atoms with van der Waals surface area (Å²) in [4.78, 5) is 2.56. The molecule has 0 bridgehead atoms. The molecule has 0 saturated heterocycles. The molecule has 0 spiro atoms. The Bertz CT molecular complexity index is 2820. The summed E-state index contributed by atoms with van der Waals surface area (Å²) in [7, 11) is 0. The zero-order chi connectivity index (χ0) is 34.4. The topological polar surface area (TPSA) is 16.4 Å². The number of allylic oxidation sites excluding steroid dienone is 2. The molecule has 0 fully saturated rings. The molecule has 1 aromatic heterocycles. The molecule has 52 heavy (non-hydrogen) atoms. The van der Waals surface area contributed by atoms with Gasteiger partial charge >= 0.3 is 0 Å². The van der Waals surface area contributed by atoms with E-state index in [9.17, 15) is 0 Å². The van der Waals surface area contributed by atoms with Crippen molar-refractivity contribution in [1.29, 1.82) is 0 Å². The second-order valence-corrected chi connectivity index (χ2v) is 13.6. The van der Waals surface area contributed by atoms with Crippen LogP contribution in [0.1, 0.15) is 17.5 Å². The highest BCUT2D eigenvalue weighted by Gasteiger charge is 2.28. The van der Waals surface area contributed by atoms with Gasteiger partial charge in [0.05, 0.1) is 6.04 Å². The van der Waals surface area contributed by atoms with Gasteiger partial charge in [0.15, 0.2) is 0 Å². The van der Waals surface area contributed by atoms with Gasteiger partial charge in [0.2, 0.25) is 0 Å². The van der Waals surface area contributed by atoms with Crippen molar-refractivity contribution in [3.05, 3.63) is 205 Å². The second kappa shape index (κ2) is 12.6. The van der Waals surface area contributed by atoms with Crippen LogP contribution in [0.3, 0.4) is 0 Å². The summed E-state index contributed by atoms with van der Waals surface area (Å²) in [6, 6.07) is 65.4. The molecule has 0 N–H and O–H groups in total. The predicted molar refractivity (Wildman–Crippen MR) is 220 cm³/mol. The van der Waals surface area contributed by atoms with Gasteiger partial charge in [0, 0.05) is 38.7 Å². The minimum absolute atomic E-state index is 0.0369. The van der Waals surface area contributed by atoms with Gasteiger partial charge in [-0.15, -0.1) is 0 Å². The zero-order valence-corrected chi connectivity index (χ0v) is 28.6. The van der Waals surface area contributed by atoms with Crippen LogP contribution in [0.15, 0.2) is 199 Å². The minimum atomic E-state index is 0.0369. The normalized spacial score (nSPS) is 14.5. The van der Waals surface area contributed by atoms with E-state index >= 15 is 0 Å². The lowest BCUT2D eigenvalue weighted by molar-refractivity contribution is 0.670. The van der Waals surface area contributed by atoms with E-state index in [0.717, 1.165) is 45.2 Å². The molecule has 1 aliphatic rings. The highest BCUT2D eigenvalue weighted by Crippen LogP contribution is 2.46. The fourth-order valence-electron chi connectivity index (χ4n) is 8.15. The van der Waals surface area contributed by atoms with E-state index in [4.69, 9.17) is 4.42 Å². The van der Waals surface area contributed by atoms with Crippen LogP contribution in [0.5, 0.6) is 0 Å². The number of hydrogen-bond donors (Lipinski definition) is 0. The third-order valence-corrected chi connectivity index (χ3v) is 10.6. The summed E-state index contributed by atoms with van der Waals surface area (Å²) in [5, 5.41) is 7.11. The number of benzene rings is 8. The third kappa shape index (κ3) is 5.11. The second-order valence-electron chi connectivity index (χ2n) is 13.6. The standard InChI is InChI=1S/C50H35NO/c1-3-15-34(16-4-1)40-30-29-39(33-45(40)36-17-5-2-6-18-36)51(47-28-13-22-35-19-9-10-23-41(35)47)48-27-12-11-24-42(48)43-25-14-26-44-46-31-37-20-7-8-21-38(37)32-49(46)52-50(43)44/h1-28,30-33,39H,29H2. The third-order valence-electron chi connectivity index (χ3n) is 10.6. The molecule has 1 unspecified atom stereocenters. The maximum Gasteiger partial charge on any atom is 0.143 e. The van der Waals surface area contributed by atoms with Crippen molar-refractivity contribution in [3.63, 3.8) is 0 Å². The Morgan fingerprint density at radius 1 is 0.442 bits per heavy atom. The van der Waals surface area contributed by atoms with E-state index in [1.807, 2.05) is 0 Å². The molecule has 8 aromatic carbocycles. The minimum Gasteiger partial charge on any atom is -0.455 e. The van der Waals surface area contributed by atoms with E-state index in [1.165, 1.54) is 49.5 Å². The monoisotopic (exact) mass is 665 g/mol. The Morgan fingerprint density at radius 2 is 1.02 bits per heavy atom. The van der Waals surface area contributed by atoms with Gasteiger partial charge in [-0.3, -0.25) is 0 Å². The van der Waals surface area contributed by atoms with Crippen LogP contribution >= 0.6 is 0 Å². The lowest BCUT2D eigenvalue weighted by Crippen LogP contribution is -2.31. The van der Waals surface area contributed by atoms with Gasteiger partial charge in [-0.1, -0.05) is 170 Å². The van der Waals surface area contributed by atoms with Gasteiger partial charge in [-0.2, -0.15) is 0 Å². The van der Waals surface area contributed by atoms with Gasteiger partial charge in [0.25, 0.3) is 0 Å². The number of rotatable bonds is 6. The molecule has 0 radical (unpaired) electrons. The fraction of sp³-hybridized carbons (Fsp3) is 0.0400. The maximum absolute atomic E-state index is 6.80. The summed E-state index contributed by atoms with van der Waals surface area (Å²) in [5.74, 6) is 0. The van der Waals surface area contributed by atoms with Crippen molar-refractivity contribution in [1.82, 2.24) is 0 Å². The Balaban J connectivity index is 1.21. The largest absolute Gasteiger partial charge is 0.455 e. The summed E-state index contributed by atoms with van der Waals surface area (Å²) in [6.07, 6.45) is 5.77. The van der Waals surface area contributed by atoms with Gasteiger partial charge in [0.1, 0.15) is 11.2 Å². The van der Waals surface area contributed by atoms with Crippen LogP contribution in [-0.2, 0) is 0 Å². The molecule has 9 aromatic rings. The summed E-state index contributed by atoms with van der Waals surface area (Å²) in [6.45, 7) is 0. The Kier molecular flexibility index (Phi) is 7.32. The van der Waals surface area contributed by atoms with Crippen molar-refractivity contribution < 1.29 is 4.42 Å². The molecular weight excluding hydrogens is 631 g/mol. The lowest BCUT2D eigenvalue weighted by atomic mass is 9.85. The molecule has 10 rings (SSSR count). The predicted octanol–water partition coefficient (Wildman–Crippen LogP) is 13.6. The van der Waals surface area contributed by atoms with Crippen molar-refractivity contribution >= 4 is 66.0 Å². The Morgan fingerprint density at radius 3 is 1.83 bits per heavy atom. The first-order valence-corrected chi connectivity index (χ1v) is 18.0.